The van der Waals surface area contributed by atoms with Gasteiger partial charge in [0.2, 0.25) is 23.0 Å². The Labute approximate surface area is 229 Å². The third kappa shape index (κ3) is 2.68. The molecule has 1 aliphatic carbocycles. The molecule has 3 heteroatoms. The number of para-hydroxylation sites is 1. The highest BCUT2D eigenvalue weighted by Crippen LogP contribution is 2.69. The monoisotopic (exact) mass is 508 g/mol. The second kappa shape index (κ2) is 7.66. The van der Waals surface area contributed by atoms with Crippen molar-refractivity contribution in [3.05, 3.63) is 120 Å². The van der Waals surface area contributed by atoms with Crippen molar-refractivity contribution in [3.8, 4) is 22.5 Å². The first-order valence-electron chi connectivity index (χ1n) is 14.1. The van der Waals surface area contributed by atoms with Crippen molar-refractivity contribution in [1.82, 2.24) is 0 Å². The molecule has 3 aromatic carbocycles. The van der Waals surface area contributed by atoms with Crippen molar-refractivity contribution < 1.29 is 13.6 Å². The number of aryl methyl sites for hydroxylation is 2. The Morgan fingerprint density at radius 3 is 2.33 bits per heavy atom. The number of furan rings is 1. The summed E-state index contributed by atoms with van der Waals surface area (Å²) in [7, 11) is 0. The van der Waals surface area contributed by atoms with E-state index in [0.717, 1.165) is 17.6 Å². The minimum absolute atomic E-state index is 0.0611. The molecule has 3 unspecified atom stereocenters. The molecule has 3 atom stereocenters. The molecule has 0 amide bonds. The van der Waals surface area contributed by atoms with Crippen LogP contribution in [0.25, 0.3) is 44.5 Å². The van der Waals surface area contributed by atoms with Gasteiger partial charge in [0.05, 0.1) is 11.1 Å². The third-order valence-corrected chi connectivity index (χ3v) is 9.93. The first-order chi connectivity index (χ1) is 19.0. The summed E-state index contributed by atoms with van der Waals surface area (Å²) in [5.41, 5.74) is 10.8. The van der Waals surface area contributed by atoms with E-state index in [1.807, 2.05) is 0 Å². The van der Waals surface area contributed by atoms with E-state index < -0.39 is 0 Å². The number of pyridine rings is 2. The van der Waals surface area contributed by atoms with Crippen LogP contribution in [0.5, 0.6) is 0 Å². The maximum Gasteiger partial charge on any atom is 0.243 e. The second-order valence-electron chi connectivity index (χ2n) is 11.6. The van der Waals surface area contributed by atoms with Crippen LogP contribution in [0, 0.1) is 6.92 Å². The van der Waals surface area contributed by atoms with Gasteiger partial charge in [-0.2, -0.15) is 9.13 Å². The van der Waals surface area contributed by atoms with Crippen molar-refractivity contribution in [1.29, 1.82) is 0 Å². The lowest BCUT2D eigenvalue weighted by Crippen LogP contribution is -2.54. The minimum atomic E-state index is -0.107. The Morgan fingerprint density at radius 2 is 1.49 bits per heavy atom. The smallest absolute Gasteiger partial charge is 0.243 e. The number of nitrogens with zero attached hydrogens (tertiary/aromatic N) is 2. The zero-order chi connectivity index (χ0) is 26.5. The van der Waals surface area contributed by atoms with Crippen LogP contribution in [0.15, 0.2) is 108 Å². The van der Waals surface area contributed by atoms with E-state index in [1.165, 1.54) is 50.0 Å². The predicted octanol–water partition coefficient (Wildman–Crippen LogP) is 7.61. The van der Waals surface area contributed by atoms with E-state index in [2.05, 4.69) is 140 Å². The van der Waals surface area contributed by atoms with E-state index in [4.69, 9.17) is 4.42 Å². The number of aromatic nitrogens is 2. The van der Waals surface area contributed by atoms with Crippen molar-refractivity contribution >= 4 is 21.9 Å². The molecule has 0 bridgehead atoms. The quantitative estimate of drug-likeness (QED) is 0.225. The molecule has 39 heavy (non-hydrogen) atoms. The molecule has 0 N–H and O–H groups in total. The van der Waals surface area contributed by atoms with Gasteiger partial charge in [-0.15, -0.1) is 0 Å². The Hall–Kier alpha value is -4.24. The van der Waals surface area contributed by atoms with Crippen molar-refractivity contribution in [2.24, 2.45) is 0 Å². The van der Waals surface area contributed by atoms with Crippen molar-refractivity contribution in [2.45, 2.75) is 51.1 Å². The van der Waals surface area contributed by atoms with Gasteiger partial charge in [-0.1, -0.05) is 55.5 Å². The van der Waals surface area contributed by atoms with Crippen LogP contribution in [-0.2, 0) is 17.4 Å². The predicted molar refractivity (Wildman–Crippen MR) is 156 cm³/mol. The van der Waals surface area contributed by atoms with E-state index in [0.29, 0.717) is 0 Å². The lowest BCUT2D eigenvalue weighted by Gasteiger charge is -2.22. The first-order valence-corrected chi connectivity index (χ1v) is 14.1. The molecule has 0 radical (unpaired) electrons. The van der Waals surface area contributed by atoms with Gasteiger partial charge in [-0.3, -0.25) is 0 Å². The molecule has 190 valence electrons. The highest BCUT2D eigenvalue weighted by atomic mass is 16.3. The first kappa shape index (κ1) is 22.7. The van der Waals surface area contributed by atoms with Crippen LogP contribution in [0.4, 0.5) is 0 Å². The number of hydrogen-bond donors (Lipinski definition) is 0. The van der Waals surface area contributed by atoms with Crippen LogP contribution in [-0.4, -0.2) is 0 Å². The molecule has 4 heterocycles. The molecule has 6 aromatic rings. The van der Waals surface area contributed by atoms with Gasteiger partial charge < -0.3 is 4.42 Å². The van der Waals surface area contributed by atoms with Gasteiger partial charge in [0.15, 0.2) is 12.4 Å². The van der Waals surface area contributed by atoms with E-state index in [9.17, 15) is 0 Å². The van der Waals surface area contributed by atoms with Crippen LogP contribution < -0.4 is 9.13 Å². The largest absolute Gasteiger partial charge is 0.455 e. The SMILES string of the molecule is CCc1cccc2c1oc1c(-c3cccc[n+]3C3C4(C)c5ccccc5-c5cccc[n+]5C34C)c(C)ccc12. The average Bonchev–Trinajstić information content (AvgIpc) is 3.28. The van der Waals surface area contributed by atoms with Gasteiger partial charge in [0.25, 0.3) is 0 Å². The molecule has 0 saturated heterocycles. The topological polar surface area (TPSA) is 20.9 Å². The van der Waals surface area contributed by atoms with E-state index in [1.54, 1.807) is 0 Å². The molecular weight excluding hydrogens is 476 g/mol. The number of rotatable bonds is 3. The summed E-state index contributed by atoms with van der Waals surface area (Å²) in [4.78, 5) is 0. The number of fused-ring (bicyclic) bond motifs is 9. The summed E-state index contributed by atoms with van der Waals surface area (Å²) >= 11 is 0. The Balaban J connectivity index is 1.41. The normalized spacial score (nSPS) is 22.9. The zero-order valence-corrected chi connectivity index (χ0v) is 22.9. The summed E-state index contributed by atoms with van der Waals surface area (Å²) in [6, 6.07) is 33.4. The molecule has 1 saturated carbocycles. The fourth-order valence-electron chi connectivity index (χ4n) is 7.84. The molecule has 0 spiro atoms. The van der Waals surface area contributed by atoms with Gasteiger partial charge >= 0.3 is 0 Å². The Bertz CT molecular complexity index is 1910. The Morgan fingerprint density at radius 1 is 0.744 bits per heavy atom. The number of hydrogen-bond acceptors (Lipinski definition) is 1. The summed E-state index contributed by atoms with van der Waals surface area (Å²) in [6.07, 6.45) is 5.49. The van der Waals surface area contributed by atoms with E-state index >= 15 is 0 Å². The van der Waals surface area contributed by atoms with Gasteiger partial charge in [-0.05, 0) is 55.2 Å². The molecule has 8 rings (SSSR count). The van der Waals surface area contributed by atoms with Crippen molar-refractivity contribution in [3.63, 3.8) is 0 Å². The minimum Gasteiger partial charge on any atom is -0.455 e. The summed E-state index contributed by atoms with van der Waals surface area (Å²) < 4.78 is 11.8. The van der Waals surface area contributed by atoms with Gasteiger partial charge in [-0.25, -0.2) is 0 Å². The molecule has 3 nitrogen and oxygen atoms in total. The van der Waals surface area contributed by atoms with Crippen molar-refractivity contribution in [2.75, 3.05) is 0 Å². The van der Waals surface area contributed by atoms with Crippen LogP contribution >= 0.6 is 0 Å². The average molecular weight is 509 g/mol. The van der Waals surface area contributed by atoms with Gasteiger partial charge in [0.1, 0.15) is 16.6 Å². The van der Waals surface area contributed by atoms with Crippen LogP contribution in [0.3, 0.4) is 0 Å². The lowest BCUT2D eigenvalue weighted by atomic mass is 9.84. The zero-order valence-electron chi connectivity index (χ0n) is 22.9. The summed E-state index contributed by atoms with van der Waals surface area (Å²) in [5, 5.41) is 2.39. The molecule has 3 aromatic heterocycles. The van der Waals surface area contributed by atoms with Crippen LogP contribution in [0.1, 0.15) is 43.5 Å². The third-order valence-electron chi connectivity index (χ3n) is 9.93. The maximum atomic E-state index is 6.76. The summed E-state index contributed by atoms with van der Waals surface area (Å²) in [5.74, 6) is 0. The fraction of sp³-hybridized carbons (Fsp3) is 0.222. The van der Waals surface area contributed by atoms with Crippen LogP contribution in [0.2, 0.25) is 0 Å². The Kier molecular flexibility index (Phi) is 4.46. The molecule has 1 aliphatic heterocycles. The number of benzene rings is 3. The summed E-state index contributed by atoms with van der Waals surface area (Å²) in [6.45, 7) is 9.29. The standard InChI is InChI=1S/C36H32N2O/c1-5-24-13-12-15-25-26-20-19-23(2)31(33(26)39-32(24)25)30-18-8-10-21-37(30)34-35(3)28-16-7-6-14-27(28)29-17-9-11-22-38(29)36(34,35)4/h6-22,34H,5H2,1-4H3/q+2. The highest BCUT2D eigenvalue weighted by molar-refractivity contribution is 6.10. The van der Waals surface area contributed by atoms with E-state index in [-0.39, 0.29) is 17.0 Å². The molecular formula is C36H32N2O+2. The maximum absolute atomic E-state index is 6.76. The molecule has 2 aliphatic rings. The fourth-order valence-corrected chi connectivity index (χ4v) is 7.84. The second-order valence-corrected chi connectivity index (χ2v) is 11.6. The highest BCUT2D eigenvalue weighted by Gasteiger charge is 2.88. The molecule has 1 fully saturated rings. The lowest BCUT2D eigenvalue weighted by molar-refractivity contribution is -0.781. The van der Waals surface area contributed by atoms with Gasteiger partial charge in [0, 0.05) is 42.0 Å².